The van der Waals surface area contributed by atoms with Crippen molar-refractivity contribution in [1.82, 2.24) is 15.2 Å². The van der Waals surface area contributed by atoms with Crippen LogP contribution in [0.25, 0.3) is 0 Å². The number of benzene rings is 1. The van der Waals surface area contributed by atoms with E-state index in [1.807, 2.05) is 30.3 Å². The molecule has 0 aliphatic carbocycles. The number of hydrogen-bond donors (Lipinski definition) is 3. The zero-order valence-electron chi connectivity index (χ0n) is 26.1. The molecule has 3 rings (SSSR count). The number of nitrogens with zero attached hydrogens (tertiary/aromatic N) is 3. The lowest BCUT2D eigenvalue weighted by Gasteiger charge is -2.30. The Labute approximate surface area is 273 Å². The van der Waals surface area contributed by atoms with Crippen molar-refractivity contribution < 1.29 is 43.7 Å². The van der Waals surface area contributed by atoms with E-state index in [9.17, 15) is 19.2 Å². The molecule has 1 aliphatic rings. The first-order valence-electron chi connectivity index (χ1n) is 14.7. The second-order valence-corrected chi connectivity index (χ2v) is 11.6. The van der Waals surface area contributed by atoms with Crippen LogP contribution in [0.4, 0.5) is 4.79 Å². The van der Waals surface area contributed by atoms with Crippen LogP contribution in [0.15, 0.2) is 72.2 Å². The Morgan fingerprint density at radius 2 is 1.67 bits per heavy atom. The molecule has 1 amide bonds. The van der Waals surface area contributed by atoms with Crippen molar-refractivity contribution in [3.05, 3.63) is 78.1 Å². The maximum absolute atomic E-state index is 13.4. The van der Waals surface area contributed by atoms with E-state index in [1.54, 1.807) is 45.3 Å². The molecule has 2 atom stereocenters. The number of carbonyl (C=O) groups excluding carboxylic acids is 2. The molecule has 1 fully saturated rings. The molecule has 13 nitrogen and oxygen atoms in total. The lowest BCUT2D eigenvalue weighted by molar-refractivity contribution is -0.156. The number of amides is 1. The minimum atomic E-state index is -1.26. The number of nitrogens with one attached hydrogen (secondary N) is 1. The highest BCUT2D eigenvalue weighted by atomic mass is 35.5. The molecule has 0 unspecified atom stereocenters. The summed E-state index contributed by atoms with van der Waals surface area (Å²) in [5.74, 6) is -3.09. The Kier molecular flexibility index (Phi) is 16.2. The van der Waals surface area contributed by atoms with Gasteiger partial charge in [0.2, 0.25) is 0 Å². The highest BCUT2D eigenvalue weighted by Crippen LogP contribution is 2.14. The summed E-state index contributed by atoms with van der Waals surface area (Å²) < 4.78 is 11.3. The maximum atomic E-state index is 13.4. The average molecular weight is 661 g/mol. The van der Waals surface area contributed by atoms with Gasteiger partial charge in [0.05, 0.1) is 0 Å². The number of carbonyl (C=O) groups is 4. The molecule has 46 heavy (non-hydrogen) atoms. The number of alkyl carbamates (subject to hydrolysis) is 1. The lowest BCUT2D eigenvalue weighted by atomic mass is 10.1. The van der Waals surface area contributed by atoms with Gasteiger partial charge in [-0.15, -0.1) is 0 Å². The van der Waals surface area contributed by atoms with Crippen LogP contribution >= 0.6 is 11.6 Å². The molecule has 0 spiro atoms. The van der Waals surface area contributed by atoms with Crippen LogP contribution in [-0.4, -0.2) is 93.3 Å². The molecule has 2 aromatic rings. The van der Waals surface area contributed by atoms with Crippen molar-refractivity contribution in [3.8, 4) is 0 Å². The average Bonchev–Trinajstić information content (AvgIpc) is 3.00. The monoisotopic (exact) mass is 660 g/mol. The van der Waals surface area contributed by atoms with Crippen LogP contribution in [0.5, 0.6) is 0 Å². The molecule has 0 saturated carbocycles. The van der Waals surface area contributed by atoms with E-state index in [-0.39, 0.29) is 18.2 Å². The van der Waals surface area contributed by atoms with E-state index in [0.717, 1.165) is 31.5 Å². The summed E-state index contributed by atoms with van der Waals surface area (Å²) in [6.07, 6.45) is 6.63. The number of aromatic nitrogens is 1. The van der Waals surface area contributed by atoms with Gasteiger partial charge in [0.15, 0.2) is 17.9 Å². The van der Waals surface area contributed by atoms with Gasteiger partial charge in [-0.2, -0.15) is 0 Å². The molecule has 1 aliphatic heterocycles. The standard InChI is InChI=1S/C28H37ClN4O5.C4H4O4/c1-28(2,3)38-27(35)31-24(17-21-11-6-4-7-12-21)26(34)37-23(19-33-15-8-5-9-16-33)20-36-32-25(29)22-13-10-14-30-18-22;5-3(6)1-2-4(7)8/h4,6-7,10-14,18,23-24H,5,8-9,15-17,19-20H2,1-3H3,(H,31,35);1-2H,(H,5,6)(H,7,8)/b;2-1-/t23-,24+;/m0./s1. The molecule has 1 aromatic carbocycles. The summed E-state index contributed by atoms with van der Waals surface area (Å²) >= 11 is 6.24. The predicted octanol–water partition coefficient (Wildman–Crippen LogP) is 4.24. The van der Waals surface area contributed by atoms with Crippen LogP contribution in [0.3, 0.4) is 0 Å². The van der Waals surface area contributed by atoms with Crippen LogP contribution in [0.1, 0.15) is 51.2 Å². The van der Waals surface area contributed by atoms with E-state index in [4.69, 9.17) is 36.1 Å². The fourth-order valence-corrected chi connectivity index (χ4v) is 4.31. The Hall–Kier alpha value is -4.49. The number of aliphatic carboxylic acids is 2. The quantitative estimate of drug-likeness (QED) is 0.121. The number of rotatable bonds is 13. The first-order valence-corrected chi connectivity index (χ1v) is 15.1. The number of pyridine rings is 1. The molecular formula is C32H41ClN4O9. The summed E-state index contributed by atoms with van der Waals surface area (Å²) in [5.41, 5.74) is 0.784. The Morgan fingerprint density at radius 1 is 1.02 bits per heavy atom. The number of piperidine rings is 1. The highest BCUT2D eigenvalue weighted by Gasteiger charge is 2.29. The summed E-state index contributed by atoms with van der Waals surface area (Å²) in [4.78, 5) is 56.8. The third kappa shape index (κ3) is 16.5. The van der Waals surface area contributed by atoms with E-state index >= 15 is 0 Å². The number of likely N-dealkylation sites (tertiary alicyclic amines) is 1. The molecule has 1 saturated heterocycles. The van der Waals surface area contributed by atoms with Gasteiger partial charge < -0.3 is 29.8 Å². The second kappa shape index (κ2) is 19.8. The number of hydrogen-bond acceptors (Lipinski definition) is 10. The molecule has 0 bridgehead atoms. The zero-order valence-corrected chi connectivity index (χ0v) is 26.9. The van der Waals surface area contributed by atoms with Crippen molar-refractivity contribution in [2.75, 3.05) is 26.2 Å². The number of esters is 1. The topological polar surface area (TPSA) is 177 Å². The smallest absolute Gasteiger partial charge is 0.408 e. The molecule has 1 aromatic heterocycles. The fourth-order valence-electron chi connectivity index (χ4n) is 4.15. The van der Waals surface area contributed by atoms with E-state index in [2.05, 4.69) is 20.4 Å². The van der Waals surface area contributed by atoms with Gasteiger partial charge >= 0.3 is 24.0 Å². The van der Waals surface area contributed by atoms with Crippen LogP contribution < -0.4 is 5.32 Å². The fraction of sp³-hybridized carbons (Fsp3) is 0.438. The number of ether oxygens (including phenoxy) is 2. The minimum Gasteiger partial charge on any atom is -0.478 e. The first-order chi connectivity index (χ1) is 21.8. The van der Waals surface area contributed by atoms with Crippen molar-refractivity contribution in [3.63, 3.8) is 0 Å². The summed E-state index contributed by atoms with van der Waals surface area (Å²) in [6, 6.07) is 12.0. The van der Waals surface area contributed by atoms with Crippen LogP contribution in [-0.2, 0) is 35.1 Å². The third-order valence-corrected chi connectivity index (χ3v) is 6.41. The Bertz CT molecular complexity index is 1300. The molecule has 2 heterocycles. The molecule has 3 N–H and O–H groups in total. The summed E-state index contributed by atoms with van der Waals surface area (Å²) in [5, 5.41) is 22.4. The number of carboxylic acids is 2. The number of halogens is 1. The van der Waals surface area contributed by atoms with Crippen LogP contribution in [0.2, 0.25) is 0 Å². The minimum absolute atomic E-state index is 0.00319. The van der Waals surface area contributed by atoms with Gasteiger partial charge in [-0.3, -0.25) is 9.88 Å². The molecule has 250 valence electrons. The van der Waals surface area contributed by atoms with E-state index in [0.29, 0.717) is 24.3 Å². The normalized spacial score (nSPS) is 15.1. The van der Waals surface area contributed by atoms with Gasteiger partial charge in [-0.25, -0.2) is 19.2 Å². The SMILES string of the molecule is CC(C)(C)OC(=O)N[C@H](Cc1ccccc1)C(=O)O[C@H](CON=C(Cl)c1cccnc1)CN1CCCCC1.O=C(O)/C=C\C(=O)O. The predicted molar refractivity (Wildman–Crippen MR) is 170 cm³/mol. The van der Waals surface area contributed by atoms with Crippen molar-refractivity contribution in [2.45, 2.75) is 64.2 Å². The number of carboxylic acid groups (broad SMARTS) is 2. The second-order valence-electron chi connectivity index (χ2n) is 11.2. The van der Waals surface area contributed by atoms with E-state index in [1.165, 1.54) is 6.42 Å². The molecule has 14 heteroatoms. The van der Waals surface area contributed by atoms with Gasteiger partial charge in [-0.05, 0) is 64.4 Å². The van der Waals surface area contributed by atoms with Crippen molar-refractivity contribution >= 4 is 40.8 Å². The Balaban J connectivity index is 0.000000812. The van der Waals surface area contributed by atoms with Gasteiger partial charge in [0, 0.05) is 43.1 Å². The lowest BCUT2D eigenvalue weighted by Crippen LogP contribution is -2.48. The number of oxime groups is 1. The summed E-state index contributed by atoms with van der Waals surface area (Å²) in [7, 11) is 0. The van der Waals surface area contributed by atoms with Gasteiger partial charge in [0.25, 0.3) is 0 Å². The molecular weight excluding hydrogens is 620 g/mol. The maximum Gasteiger partial charge on any atom is 0.408 e. The highest BCUT2D eigenvalue weighted by molar-refractivity contribution is 6.69. The third-order valence-electron chi connectivity index (χ3n) is 6.12. The molecule has 0 radical (unpaired) electrons. The van der Waals surface area contributed by atoms with E-state index < -0.39 is 41.7 Å². The largest absolute Gasteiger partial charge is 0.478 e. The summed E-state index contributed by atoms with van der Waals surface area (Å²) in [6.45, 7) is 7.61. The zero-order chi connectivity index (χ0) is 34.0. The Morgan fingerprint density at radius 3 is 2.24 bits per heavy atom. The van der Waals surface area contributed by atoms with Crippen molar-refractivity contribution in [2.24, 2.45) is 5.16 Å². The first kappa shape index (κ1) is 37.7. The van der Waals surface area contributed by atoms with Crippen molar-refractivity contribution in [1.29, 1.82) is 0 Å². The van der Waals surface area contributed by atoms with Gasteiger partial charge in [0.1, 0.15) is 11.6 Å². The van der Waals surface area contributed by atoms with Gasteiger partial charge in [-0.1, -0.05) is 53.5 Å². The van der Waals surface area contributed by atoms with Crippen LogP contribution in [0, 0.1) is 0 Å².